The van der Waals surface area contributed by atoms with Gasteiger partial charge in [0.1, 0.15) is 17.1 Å². The van der Waals surface area contributed by atoms with Gasteiger partial charge in [-0.25, -0.2) is 14.6 Å². The van der Waals surface area contributed by atoms with Gasteiger partial charge in [0.05, 0.1) is 0 Å². The van der Waals surface area contributed by atoms with E-state index in [1.165, 1.54) is 23.9 Å². The summed E-state index contributed by atoms with van der Waals surface area (Å²) < 4.78 is 6.88. The molecule has 0 saturated carbocycles. The molecule has 0 bridgehead atoms. The fraction of sp³-hybridized carbons (Fsp3) is 0.353. The van der Waals surface area contributed by atoms with E-state index in [0.29, 0.717) is 0 Å². The maximum absolute atomic E-state index is 12.4. The van der Waals surface area contributed by atoms with Gasteiger partial charge < -0.3 is 10.5 Å². The number of ketones is 1. The normalized spacial score (nSPS) is 10.8. The summed E-state index contributed by atoms with van der Waals surface area (Å²) in [7, 11) is 1.26. The molecule has 0 aromatic carbocycles. The van der Waals surface area contributed by atoms with Crippen LogP contribution in [0.3, 0.4) is 0 Å². The Hall–Kier alpha value is -3.23. The fourth-order valence-electron chi connectivity index (χ4n) is 2.35. The number of nitrogen functional groups attached to an aromatic ring is 1. The Bertz CT molecular complexity index is 944. The van der Waals surface area contributed by atoms with Crippen LogP contribution in [0.2, 0.25) is 0 Å². The Balaban J connectivity index is 2.31. The molecule has 9 heteroatoms. The molecule has 0 saturated heterocycles. The highest BCUT2D eigenvalue weighted by molar-refractivity contribution is 6.02. The third-order valence-electron chi connectivity index (χ3n) is 3.62. The predicted octanol–water partition coefficient (Wildman–Crippen LogP) is 0.220. The topological polar surface area (TPSA) is 126 Å². The molecule has 0 spiro atoms. The van der Waals surface area contributed by atoms with E-state index in [1.807, 2.05) is 13.8 Å². The van der Waals surface area contributed by atoms with Crippen LogP contribution in [0.1, 0.15) is 34.7 Å². The summed E-state index contributed by atoms with van der Waals surface area (Å²) in [6.45, 7) is 3.29. The quantitative estimate of drug-likeness (QED) is 0.577. The van der Waals surface area contributed by atoms with Gasteiger partial charge in [-0.3, -0.25) is 18.7 Å². The largest absolute Gasteiger partial charge is 0.453 e. The molecule has 0 radical (unpaired) electrons. The zero-order chi connectivity index (χ0) is 19.4. The van der Waals surface area contributed by atoms with E-state index < -0.39 is 29.6 Å². The first kappa shape index (κ1) is 19.1. The number of Topliss-reactive ketones (excluding diaryl/α,β-unsaturated/α-hetero) is 1. The summed E-state index contributed by atoms with van der Waals surface area (Å²) in [4.78, 5) is 52.6. The van der Waals surface area contributed by atoms with Gasteiger partial charge in [0.25, 0.3) is 5.56 Å². The van der Waals surface area contributed by atoms with Gasteiger partial charge in [0.2, 0.25) is 5.78 Å². The van der Waals surface area contributed by atoms with E-state index in [4.69, 9.17) is 10.5 Å². The summed E-state index contributed by atoms with van der Waals surface area (Å²) in [5.74, 6) is -1.75. The summed E-state index contributed by atoms with van der Waals surface area (Å²) in [6.07, 6.45) is 1.41. The zero-order valence-electron chi connectivity index (χ0n) is 14.8. The molecule has 2 rings (SSSR count). The van der Waals surface area contributed by atoms with Crippen molar-refractivity contribution < 1.29 is 14.3 Å². The van der Waals surface area contributed by atoms with E-state index in [-0.39, 0.29) is 29.5 Å². The average molecular weight is 360 g/mol. The fourth-order valence-corrected chi connectivity index (χ4v) is 2.35. The lowest BCUT2D eigenvalue weighted by Crippen LogP contribution is -2.43. The Kier molecular flexibility index (Phi) is 5.71. The summed E-state index contributed by atoms with van der Waals surface area (Å²) >= 11 is 0. The molecule has 0 fully saturated rings. The van der Waals surface area contributed by atoms with Crippen LogP contribution in [0, 0.1) is 5.92 Å². The maximum Gasteiger partial charge on any atom is 0.357 e. The van der Waals surface area contributed by atoms with Crippen molar-refractivity contribution in [3.05, 3.63) is 56.5 Å². The van der Waals surface area contributed by atoms with Crippen LogP contribution in [0.15, 0.2) is 34.0 Å². The van der Waals surface area contributed by atoms with Crippen LogP contribution in [0.4, 0.5) is 5.82 Å². The highest BCUT2D eigenvalue weighted by Crippen LogP contribution is 2.09. The molecule has 26 heavy (non-hydrogen) atoms. The third-order valence-corrected chi connectivity index (χ3v) is 3.62. The Morgan fingerprint density at radius 3 is 2.54 bits per heavy atom. The van der Waals surface area contributed by atoms with Crippen LogP contribution < -0.4 is 17.0 Å². The lowest BCUT2D eigenvalue weighted by molar-refractivity contribution is 0.0468. The Morgan fingerprint density at radius 1 is 1.27 bits per heavy atom. The molecular weight excluding hydrogens is 340 g/mol. The van der Waals surface area contributed by atoms with Crippen molar-refractivity contribution in [2.75, 3.05) is 12.3 Å². The monoisotopic (exact) mass is 360 g/mol. The standard InChI is InChI=1S/C17H20N4O5/c1-10(2)8-21-14(18)13(15(23)20(3)17(21)25)12(22)9-26-16(24)11-6-4-5-7-19-11/h4-7,10H,8-9,18H2,1-3H3. The number of aromatic nitrogens is 3. The smallest absolute Gasteiger partial charge is 0.357 e. The van der Waals surface area contributed by atoms with Crippen molar-refractivity contribution in [1.29, 1.82) is 0 Å². The van der Waals surface area contributed by atoms with Gasteiger partial charge in [-0.15, -0.1) is 0 Å². The molecular formula is C17H20N4O5. The number of rotatable bonds is 6. The van der Waals surface area contributed by atoms with Crippen LogP contribution in [0.5, 0.6) is 0 Å². The number of carbonyl (C=O) groups excluding carboxylic acids is 2. The Labute approximate surface area is 149 Å². The molecule has 0 atom stereocenters. The number of ether oxygens (including phenoxy) is 1. The lowest BCUT2D eigenvalue weighted by atomic mass is 10.1. The summed E-state index contributed by atoms with van der Waals surface area (Å²) in [5, 5.41) is 0. The molecule has 0 aliphatic carbocycles. The second-order valence-electron chi connectivity index (χ2n) is 6.13. The van der Waals surface area contributed by atoms with E-state index >= 15 is 0 Å². The second-order valence-corrected chi connectivity index (χ2v) is 6.13. The van der Waals surface area contributed by atoms with Crippen molar-refractivity contribution in [3.63, 3.8) is 0 Å². The highest BCUT2D eigenvalue weighted by atomic mass is 16.5. The molecule has 0 aliphatic rings. The van der Waals surface area contributed by atoms with Crippen molar-refractivity contribution in [3.8, 4) is 0 Å². The number of nitrogens with two attached hydrogens (primary N) is 1. The van der Waals surface area contributed by atoms with E-state index in [9.17, 15) is 19.2 Å². The maximum atomic E-state index is 12.4. The summed E-state index contributed by atoms with van der Waals surface area (Å²) in [6, 6.07) is 4.66. The number of nitrogens with zero attached hydrogens (tertiary/aromatic N) is 3. The van der Waals surface area contributed by atoms with Crippen molar-refractivity contribution in [2.24, 2.45) is 13.0 Å². The first-order chi connectivity index (χ1) is 12.2. The first-order valence-electron chi connectivity index (χ1n) is 7.94. The molecule has 9 nitrogen and oxygen atoms in total. The zero-order valence-corrected chi connectivity index (χ0v) is 14.8. The van der Waals surface area contributed by atoms with Crippen LogP contribution in [0.25, 0.3) is 0 Å². The molecule has 138 valence electrons. The number of carbonyl (C=O) groups is 2. The minimum Gasteiger partial charge on any atom is -0.453 e. The van der Waals surface area contributed by atoms with Crippen molar-refractivity contribution >= 4 is 17.6 Å². The van der Waals surface area contributed by atoms with Crippen LogP contribution in [-0.4, -0.2) is 32.5 Å². The minimum atomic E-state index is -0.827. The van der Waals surface area contributed by atoms with Gasteiger partial charge in [-0.1, -0.05) is 19.9 Å². The van der Waals surface area contributed by atoms with Crippen molar-refractivity contribution in [2.45, 2.75) is 20.4 Å². The molecule has 0 aliphatic heterocycles. The van der Waals surface area contributed by atoms with Gasteiger partial charge in [0.15, 0.2) is 6.61 Å². The number of anilines is 1. The molecule has 0 unspecified atom stereocenters. The number of hydrogen-bond acceptors (Lipinski definition) is 7. The van der Waals surface area contributed by atoms with E-state index in [1.54, 1.807) is 12.1 Å². The van der Waals surface area contributed by atoms with Gasteiger partial charge >= 0.3 is 11.7 Å². The third kappa shape index (κ3) is 3.88. The minimum absolute atomic E-state index is 0.0333. The molecule has 2 aromatic rings. The van der Waals surface area contributed by atoms with Gasteiger partial charge in [0, 0.05) is 19.8 Å². The SMILES string of the molecule is CC(C)Cn1c(N)c(C(=O)COC(=O)c2ccccn2)c(=O)n(C)c1=O. The lowest BCUT2D eigenvalue weighted by Gasteiger charge is -2.16. The highest BCUT2D eigenvalue weighted by Gasteiger charge is 2.23. The van der Waals surface area contributed by atoms with E-state index in [2.05, 4.69) is 4.98 Å². The van der Waals surface area contributed by atoms with Gasteiger partial charge in [-0.05, 0) is 18.1 Å². The molecule has 2 aromatic heterocycles. The summed E-state index contributed by atoms with van der Waals surface area (Å²) in [5.41, 5.74) is 4.12. The number of hydrogen-bond donors (Lipinski definition) is 1. The average Bonchev–Trinajstić information content (AvgIpc) is 2.62. The van der Waals surface area contributed by atoms with Crippen molar-refractivity contribution in [1.82, 2.24) is 14.1 Å². The molecule has 2 heterocycles. The van der Waals surface area contributed by atoms with E-state index in [0.717, 1.165) is 4.57 Å². The first-order valence-corrected chi connectivity index (χ1v) is 7.94. The number of esters is 1. The Morgan fingerprint density at radius 2 is 1.96 bits per heavy atom. The van der Waals surface area contributed by atoms with Crippen LogP contribution in [-0.2, 0) is 18.3 Å². The van der Waals surface area contributed by atoms with Gasteiger partial charge in [-0.2, -0.15) is 0 Å². The second kappa shape index (κ2) is 7.77. The van der Waals surface area contributed by atoms with Crippen LogP contribution >= 0.6 is 0 Å². The number of pyridine rings is 1. The molecule has 0 amide bonds. The molecule has 2 N–H and O–H groups in total. The predicted molar refractivity (Wildman–Crippen MR) is 94.0 cm³/mol.